The van der Waals surface area contributed by atoms with Crippen LogP contribution in [0.5, 0.6) is 0 Å². The first-order chi connectivity index (χ1) is 8.74. The SMILES string of the molecule is O=C(OCCOCCO)/C(O)=C/c1ccccc1. The average molecular weight is 252 g/mol. The summed E-state index contributed by atoms with van der Waals surface area (Å²) in [5.74, 6) is -1.25. The Hall–Kier alpha value is -1.85. The summed E-state index contributed by atoms with van der Waals surface area (Å²) in [5, 5.41) is 17.9. The lowest BCUT2D eigenvalue weighted by molar-refractivity contribution is -0.143. The molecule has 98 valence electrons. The molecule has 0 aliphatic heterocycles. The quantitative estimate of drug-likeness (QED) is 0.329. The van der Waals surface area contributed by atoms with E-state index >= 15 is 0 Å². The van der Waals surface area contributed by atoms with Crippen LogP contribution in [0.2, 0.25) is 0 Å². The van der Waals surface area contributed by atoms with Gasteiger partial charge in [0.1, 0.15) is 6.61 Å². The van der Waals surface area contributed by atoms with Crippen LogP contribution in [0, 0.1) is 0 Å². The molecule has 0 atom stereocenters. The Bertz CT molecular complexity index is 386. The summed E-state index contributed by atoms with van der Waals surface area (Å²) in [4.78, 5) is 11.3. The van der Waals surface area contributed by atoms with Gasteiger partial charge in [-0.05, 0) is 11.6 Å². The first-order valence-corrected chi connectivity index (χ1v) is 5.55. The number of aliphatic hydroxyl groups is 2. The zero-order valence-corrected chi connectivity index (χ0v) is 9.91. The van der Waals surface area contributed by atoms with Gasteiger partial charge in [0, 0.05) is 0 Å². The minimum absolute atomic E-state index is 0.0333. The van der Waals surface area contributed by atoms with Gasteiger partial charge in [-0.1, -0.05) is 30.3 Å². The van der Waals surface area contributed by atoms with Crippen LogP contribution in [0.25, 0.3) is 6.08 Å². The topological polar surface area (TPSA) is 76.0 Å². The summed E-state index contributed by atoms with van der Waals surface area (Å²) in [7, 11) is 0. The maximum atomic E-state index is 11.3. The number of carbonyl (C=O) groups excluding carboxylic acids is 1. The third-order valence-corrected chi connectivity index (χ3v) is 2.01. The summed E-state index contributed by atoms with van der Waals surface area (Å²) in [6, 6.07) is 8.95. The first kappa shape index (κ1) is 14.2. The smallest absolute Gasteiger partial charge is 0.373 e. The Kier molecular flexibility index (Phi) is 6.53. The lowest BCUT2D eigenvalue weighted by Gasteiger charge is -2.04. The molecular formula is C13H16O5. The molecule has 0 heterocycles. The monoisotopic (exact) mass is 252 g/mol. The summed E-state index contributed by atoms with van der Waals surface area (Å²) in [6.07, 6.45) is 1.33. The van der Waals surface area contributed by atoms with Gasteiger partial charge in [0.25, 0.3) is 0 Å². The third-order valence-electron chi connectivity index (χ3n) is 2.01. The minimum Gasteiger partial charge on any atom is -0.502 e. The Balaban J connectivity index is 2.35. The highest BCUT2D eigenvalue weighted by Crippen LogP contribution is 2.05. The standard InChI is InChI=1S/C13H16O5/c14-6-7-17-8-9-18-13(16)12(15)10-11-4-2-1-3-5-11/h1-5,10,14-15H,6-9H2/b12-10-. The van der Waals surface area contributed by atoms with Gasteiger partial charge < -0.3 is 19.7 Å². The van der Waals surface area contributed by atoms with Gasteiger partial charge in [0.05, 0.1) is 19.8 Å². The largest absolute Gasteiger partial charge is 0.502 e. The van der Waals surface area contributed by atoms with E-state index in [1.54, 1.807) is 24.3 Å². The zero-order chi connectivity index (χ0) is 13.2. The number of hydrogen-bond acceptors (Lipinski definition) is 5. The molecule has 0 unspecified atom stereocenters. The zero-order valence-electron chi connectivity index (χ0n) is 9.91. The number of ether oxygens (including phenoxy) is 2. The maximum Gasteiger partial charge on any atom is 0.373 e. The fourth-order valence-corrected chi connectivity index (χ4v) is 1.20. The Morgan fingerprint density at radius 1 is 1.17 bits per heavy atom. The number of carbonyl (C=O) groups is 1. The van der Waals surface area contributed by atoms with Crippen LogP contribution in [-0.4, -0.2) is 42.6 Å². The van der Waals surface area contributed by atoms with Gasteiger partial charge >= 0.3 is 5.97 Å². The van der Waals surface area contributed by atoms with Crippen LogP contribution in [0.1, 0.15) is 5.56 Å². The van der Waals surface area contributed by atoms with Crippen LogP contribution >= 0.6 is 0 Å². The molecule has 5 nitrogen and oxygen atoms in total. The van der Waals surface area contributed by atoms with Gasteiger partial charge in [-0.2, -0.15) is 0 Å². The number of esters is 1. The van der Waals surface area contributed by atoms with Crippen LogP contribution in [0.4, 0.5) is 0 Å². The highest BCUT2D eigenvalue weighted by molar-refractivity contribution is 5.90. The van der Waals surface area contributed by atoms with Gasteiger partial charge in [-0.15, -0.1) is 0 Å². The summed E-state index contributed by atoms with van der Waals surface area (Å²) in [5.41, 5.74) is 0.712. The highest BCUT2D eigenvalue weighted by atomic mass is 16.6. The van der Waals surface area contributed by atoms with Crippen LogP contribution in [0.3, 0.4) is 0 Å². The lowest BCUT2D eigenvalue weighted by atomic mass is 10.2. The average Bonchev–Trinajstić information content (AvgIpc) is 2.39. The first-order valence-electron chi connectivity index (χ1n) is 5.55. The minimum atomic E-state index is -0.800. The van der Waals surface area contributed by atoms with Crippen molar-refractivity contribution in [3.63, 3.8) is 0 Å². The second kappa shape index (κ2) is 8.27. The Morgan fingerprint density at radius 2 is 1.89 bits per heavy atom. The van der Waals surface area contributed by atoms with Gasteiger partial charge in [-0.3, -0.25) is 0 Å². The highest BCUT2D eigenvalue weighted by Gasteiger charge is 2.08. The van der Waals surface area contributed by atoms with Gasteiger partial charge in [0.15, 0.2) is 0 Å². The molecular weight excluding hydrogens is 236 g/mol. The molecule has 1 rings (SSSR count). The summed E-state index contributed by atoms with van der Waals surface area (Å²) in [6.45, 7) is 0.340. The van der Waals surface area contributed by atoms with E-state index in [0.717, 1.165) is 0 Å². The maximum absolute atomic E-state index is 11.3. The van der Waals surface area contributed by atoms with E-state index in [1.807, 2.05) is 6.07 Å². The Labute approximate surface area is 105 Å². The van der Waals surface area contributed by atoms with Crippen molar-refractivity contribution in [1.82, 2.24) is 0 Å². The predicted molar refractivity (Wildman–Crippen MR) is 65.9 cm³/mol. The number of benzene rings is 1. The molecule has 18 heavy (non-hydrogen) atoms. The summed E-state index contributed by atoms with van der Waals surface area (Å²) < 4.78 is 9.66. The van der Waals surface area contributed by atoms with Gasteiger partial charge in [-0.25, -0.2) is 4.79 Å². The molecule has 0 amide bonds. The van der Waals surface area contributed by atoms with E-state index in [4.69, 9.17) is 14.6 Å². The van der Waals surface area contributed by atoms with Crippen LogP contribution in [-0.2, 0) is 14.3 Å². The van der Waals surface area contributed by atoms with Crippen molar-refractivity contribution >= 4 is 12.0 Å². The van der Waals surface area contributed by atoms with Crippen molar-refractivity contribution in [2.24, 2.45) is 0 Å². The molecule has 0 saturated heterocycles. The van der Waals surface area contributed by atoms with Crippen molar-refractivity contribution in [2.45, 2.75) is 0 Å². The van der Waals surface area contributed by atoms with Crippen molar-refractivity contribution in [3.05, 3.63) is 41.7 Å². The van der Waals surface area contributed by atoms with E-state index in [1.165, 1.54) is 6.08 Å². The summed E-state index contributed by atoms with van der Waals surface area (Å²) >= 11 is 0. The second-order valence-electron chi connectivity index (χ2n) is 3.41. The Morgan fingerprint density at radius 3 is 2.56 bits per heavy atom. The van der Waals surface area contributed by atoms with E-state index in [0.29, 0.717) is 5.56 Å². The molecule has 0 aliphatic rings. The van der Waals surface area contributed by atoms with Crippen LogP contribution in [0.15, 0.2) is 36.1 Å². The molecule has 1 aromatic rings. The predicted octanol–water partition coefficient (Wildman–Crippen LogP) is 1.14. The van der Waals surface area contributed by atoms with Crippen molar-refractivity contribution in [3.8, 4) is 0 Å². The van der Waals surface area contributed by atoms with Crippen molar-refractivity contribution in [2.75, 3.05) is 26.4 Å². The van der Waals surface area contributed by atoms with Crippen molar-refractivity contribution < 1.29 is 24.5 Å². The fraction of sp³-hybridized carbons (Fsp3) is 0.308. The lowest BCUT2D eigenvalue weighted by Crippen LogP contribution is -2.13. The van der Waals surface area contributed by atoms with Crippen LogP contribution < -0.4 is 0 Å². The molecule has 0 radical (unpaired) electrons. The molecule has 0 saturated carbocycles. The van der Waals surface area contributed by atoms with Crippen molar-refractivity contribution in [1.29, 1.82) is 0 Å². The normalized spacial score (nSPS) is 11.3. The molecule has 0 spiro atoms. The van der Waals surface area contributed by atoms with E-state index in [-0.39, 0.29) is 26.4 Å². The van der Waals surface area contributed by atoms with Gasteiger partial charge in [0.2, 0.25) is 5.76 Å². The van der Waals surface area contributed by atoms with E-state index in [9.17, 15) is 9.90 Å². The van der Waals surface area contributed by atoms with E-state index in [2.05, 4.69) is 0 Å². The van der Waals surface area contributed by atoms with E-state index < -0.39 is 11.7 Å². The molecule has 0 bridgehead atoms. The molecule has 2 N–H and O–H groups in total. The second-order valence-corrected chi connectivity index (χ2v) is 3.41. The third kappa shape index (κ3) is 5.47. The molecule has 1 aromatic carbocycles. The number of hydrogen-bond donors (Lipinski definition) is 2. The molecule has 0 aliphatic carbocycles. The molecule has 0 fully saturated rings. The molecule has 5 heteroatoms. The number of aliphatic hydroxyl groups excluding tert-OH is 2. The number of rotatable bonds is 7. The fourth-order valence-electron chi connectivity index (χ4n) is 1.20. The molecule has 0 aromatic heterocycles.